The molecule has 3 heteroatoms. The Bertz CT molecular complexity index is 192. The van der Waals surface area contributed by atoms with Gasteiger partial charge in [-0.1, -0.05) is 5.92 Å². The van der Waals surface area contributed by atoms with Crippen LogP contribution in [0.5, 0.6) is 0 Å². The van der Waals surface area contributed by atoms with Crippen molar-refractivity contribution in [1.82, 2.24) is 5.32 Å². The zero-order valence-electron chi connectivity index (χ0n) is 8.05. The van der Waals surface area contributed by atoms with Crippen molar-refractivity contribution >= 4 is 0 Å². The summed E-state index contributed by atoms with van der Waals surface area (Å²) in [6.07, 6.45) is 6.60. The van der Waals surface area contributed by atoms with Crippen LogP contribution in [0.4, 0.5) is 0 Å². The topological polar surface area (TPSA) is 41.5 Å². The highest BCUT2D eigenvalue weighted by Gasteiger charge is 2.29. The number of ether oxygens (including phenoxy) is 1. The fourth-order valence-corrected chi connectivity index (χ4v) is 1.33. The molecule has 1 heterocycles. The molecule has 0 saturated carbocycles. The highest BCUT2D eigenvalue weighted by atomic mass is 16.5. The molecular formula is C10H17NO2. The second-order valence-corrected chi connectivity index (χ2v) is 3.61. The maximum Gasteiger partial charge on any atom is 0.0815 e. The van der Waals surface area contributed by atoms with Crippen LogP contribution in [-0.2, 0) is 4.74 Å². The lowest BCUT2D eigenvalue weighted by Crippen LogP contribution is -2.46. The molecule has 0 bridgehead atoms. The lowest BCUT2D eigenvalue weighted by atomic mass is 9.94. The van der Waals surface area contributed by atoms with Gasteiger partial charge < -0.3 is 15.2 Å². The lowest BCUT2D eigenvalue weighted by molar-refractivity contribution is -0.0619. The SMILES string of the molecule is C#CC(C)NCC1(O)CCOCC1. The van der Waals surface area contributed by atoms with E-state index < -0.39 is 5.60 Å². The van der Waals surface area contributed by atoms with Gasteiger partial charge in [0.15, 0.2) is 0 Å². The molecule has 3 nitrogen and oxygen atoms in total. The Labute approximate surface area is 79.5 Å². The second-order valence-electron chi connectivity index (χ2n) is 3.61. The summed E-state index contributed by atoms with van der Waals surface area (Å²) >= 11 is 0. The summed E-state index contributed by atoms with van der Waals surface area (Å²) in [5.41, 5.74) is -0.622. The van der Waals surface area contributed by atoms with E-state index in [1.54, 1.807) is 0 Å². The van der Waals surface area contributed by atoms with Crippen molar-refractivity contribution in [2.75, 3.05) is 19.8 Å². The number of hydrogen-bond acceptors (Lipinski definition) is 3. The Kier molecular flexibility index (Phi) is 3.73. The molecule has 0 radical (unpaired) electrons. The van der Waals surface area contributed by atoms with Gasteiger partial charge in [-0.25, -0.2) is 0 Å². The predicted octanol–water partition coefficient (Wildman–Crippen LogP) is 0.139. The molecule has 1 unspecified atom stereocenters. The van der Waals surface area contributed by atoms with E-state index in [2.05, 4.69) is 11.2 Å². The van der Waals surface area contributed by atoms with Crippen molar-refractivity contribution in [1.29, 1.82) is 0 Å². The van der Waals surface area contributed by atoms with Gasteiger partial charge in [0.25, 0.3) is 0 Å². The standard InChI is InChI=1S/C10H17NO2/c1-3-9(2)11-8-10(12)4-6-13-7-5-10/h1,9,11-12H,4-8H2,2H3. The average Bonchev–Trinajstić information content (AvgIpc) is 2.15. The van der Waals surface area contributed by atoms with Crippen molar-refractivity contribution in [2.24, 2.45) is 0 Å². The van der Waals surface area contributed by atoms with E-state index in [1.165, 1.54) is 0 Å². The van der Waals surface area contributed by atoms with E-state index in [-0.39, 0.29) is 6.04 Å². The van der Waals surface area contributed by atoms with Crippen LogP contribution in [0.1, 0.15) is 19.8 Å². The number of hydrogen-bond donors (Lipinski definition) is 2. The number of nitrogens with one attached hydrogen (secondary N) is 1. The molecule has 13 heavy (non-hydrogen) atoms. The van der Waals surface area contributed by atoms with Crippen LogP contribution in [0, 0.1) is 12.3 Å². The summed E-state index contributed by atoms with van der Waals surface area (Å²) in [6.45, 7) is 3.75. The molecule has 0 aliphatic carbocycles. The predicted molar refractivity (Wildman–Crippen MR) is 51.3 cm³/mol. The zero-order chi connectivity index (χ0) is 9.73. The highest BCUT2D eigenvalue weighted by molar-refractivity contribution is 4.97. The van der Waals surface area contributed by atoms with Crippen LogP contribution in [0.2, 0.25) is 0 Å². The molecule has 0 aromatic carbocycles. The molecule has 0 aromatic heterocycles. The van der Waals surface area contributed by atoms with E-state index >= 15 is 0 Å². The van der Waals surface area contributed by atoms with Gasteiger partial charge in [-0.15, -0.1) is 6.42 Å². The minimum absolute atomic E-state index is 0.0202. The first-order valence-corrected chi connectivity index (χ1v) is 4.66. The first-order chi connectivity index (χ1) is 6.16. The highest BCUT2D eigenvalue weighted by Crippen LogP contribution is 2.19. The summed E-state index contributed by atoms with van der Waals surface area (Å²) in [6, 6.07) is 0.0202. The van der Waals surface area contributed by atoms with Crippen LogP contribution in [0.15, 0.2) is 0 Å². The third kappa shape index (κ3) is 3.35. The van der Waals surface area contributed by atoms with E-state index in [0.717, 1.165) is 0 Å². The monoisotopic (exact) mass is 183 g/mol. The molecule has 74 valence electrons. The van der Waals surface area contributed by atoms with Crippen LogP contribution < -0.4 is 5.32 Å². The van der Waals surface area contributed by atoms with Crippen molar-refractivity contribution < 1.29 is 9.84 Å². The fourth-order valence-electron chi connectivity index (χ4n) is 1.33. The summed E-state index contributed by atoms with van der Waals surface area (Å²) in [5, 5.41) is 13.1. The molecule has 0 aromatic rings. The average molecular weight is 183 g/mol. The first kappa shape index (κ1) is 10.5. The molecule has 0 spiro atoms. The van der Waals surface area contributed by atoms with E-state index in [9.17, 15) is 5.11 Å². The molecule has 1 fully saturated rings. The summed E-state index contributed by atoms with van der Waals surface area (Å²) < 4.78 is 5.17. The van der Waals surface area contributed by atoms with Gasteiger partial charge >= 0.3 is 0 Å². The van der Waals surface area contributed by atoms with Gasteiger partial charge in [0.2, 0.25) is 0 Å². The largest absolute Gasteiger partial charge is 0.388 e. The van der Waals surface area contributed by atoms with Crippen LogP contribution in [0.25, 0.3) is 0 Å². The smallest absolute Gasteiger partial charge is 0.0815 e. The molecule has 1 saturated heterocycles. The van der Waals surface area contributed by atoms with Gasteiger partial charge in [-0.05, 0) is 6.92 Å². The third-order valence-electron chi connectivity index (χ3n) is 2.41. The normalized spacial score (nSPS) is 23.5. The van der Waals surface area contributed by atoms with E-state index in [1.807, 2.05) is 6.92 Å². The second kappa shape index (κ2) is 4.61. The van der Waals surface area contributed by atoms with E-state index in [4.69, 9.17) is 11.2 Å². The molecular weight excluding hydrogens is 166 g/mol. The van der Waals surface area contributed by atoms with Crippen LogP contribution >= 0.6 is 0 Å². The minimum Gasteiger partial charge on any atom is -0.388 e. The van der Waals surface area contributed by atoms with Gasteiger partial charge in [0.05, 0.1) is 11.6 Å². The molecule has 1 atom stereocenters. The van der Waals surface area contributed by atoms with Crippen molar-refractivity contribution in [3.05, 3.63) is 0 Å². The van der Waals surface area contributed by atoms with Crippen molar-refractivity contribution in [3.8, 4) is 12.3 Å². The zero-order valence-corrected chi connectivity index (χ0v) is 8.05. The maximum absolute atomic E-state index is 10.0. The van der Waals surface area contributed by atoms with Crippen molar-refractivity contribution in [3.63, 3.8) is 0 Å². The van der Waals surface area contributed by atoms with Crippen LogP contribution in [0.3, 0.4) is 0 Å². The van der Waals surface area contributed by atoms with Crippen molar-refractivity contribution in [2.45, 2.75) is 31.4 Å². The summed E-state index contributed by atoms with van der Waals surface area (Å²) in [5.74, 6) is 2.57. The Hall–Kier alpha value is -0.560. The number of rotatable bonds is 3. The first-order valence-electron chi connectivity index (χ1n) is 4.66. The van der Waals surface area contributed by atoms with Gasteiger partial charge in [0, 0.05) is 32.6 Å². The maximum atomic E-state index is 10.0. The molecule has 1 aliphatic rings. The summed E-state index contributed by atoms with van der Waals surface area (Å²) in [7, 11) is 0. The molecule has 1 rings (SSSR count). The van der Waals surface area contributed by atoms with Crippen LogP contribution in [-0.4, -0.2) is 36.5 Å². The van der Waals surface area contributed by atoms with Gasteiger partial charge in [0.1, 0.15) is 0 Å². The number of terminal acetylenes is 1. The Balaban J connectivity index is 2.29. The van der Waals surface area contributed by atoms with Gasteiger partial charge in [-0.2, -0.15) is 0 Å². The lowest BCUT2D eigenvalue weighted by Gasteiger charge is -2.32. The fraction of sp³-hybridized carbons (Fsp3) is 0.800. The Morgan fingerprint density at radius 3 is 2.77 bits per heavy atom. The third-order valence-corrected chi connectivity index (χ3v) is 2.41. The molecule has 2 N–H and O–H groups in total. The molecule has 0 amide bonds. The quantitative estimate of drug-likeness (QED) is 0.611. The Morgan fingerprint density at radius 2 is 2.23 bits per heavy atom. The molecule has 1 aliphatic heterocycles. The Morgan fingerprint density at radius 1 is 1.62 bits per heavy atom. The number of aliphatic hydroxyl groups is 1. The summed E-state index contributed by atoms with van der Waals surface area (Å²) in [4.78, 5) is 0. The van der Waals surface area contributed by atoms with E-state index in [0.29, 0.717) is 32.6 Å². The van der Waals surface area contributed by atoms with Gasteiger partial charge in [-0.3, -0.25) is 0 Å². The minimum atomic E-state index is -0.622.